The van der Waals surface area contributed by atoms with Gasteiger partial charge in [0, 0.05) is 19.1 Å². The van der Waals surface area contributed by atoms with Crippen LogP contribution in [-0.2, 0) is 11.2 Å². The van der Waals surface area contributed by atoms with Gasteiger partial charge in [-0.1, -0.05) is 12.1 Å². The van der Waals surface area contributed by atoms with Gasteiger partial charge in [-0.25, -0.2) is 0 Å². The van der Waals surface area contributed by atoms with Gasteiger partial charge in [0.2, 0.25) is 5.91 Å². The van der Waals surface area contributed by atoms with Gasteiger partial charge in [-0.2, -0.15) is 0 Å². The van der Waals surface area contributed by atoms with Gasteiger partial charge in [0.05, 0.1) is 13.5 Å². The summed E-state index contributed by atoms with van der Waals surface area (Å²) in [5.74, 6) is 0.930. The van der Waals surface area contributed by atoms with E-state index < -0.39 is 0 Å². The molecule has 2 rings (SSSR count). The molecule has 1 aromatic carbocycles. The number of rotatable bonds is 3. The lowest BCUT2D eigenvalue weighted by Crippen LogP contribution is -2.32. The predicted molar refractivity (Wildman–Crippen MR) is 65.9 cm³/mol. The molecule has 1 aliphatic heterocycles. The molecule has 0 radical (unpaired) electrons. The average Bonchev–Trinajstić information content (AvgIpc) is 2.76. The summed E-state index contributed by atoms with van der Waals surface area (Å²) in [6.45, 7) is 1.47. The Morgan fingerprint density at radius 2 is 2.41 bits per heavy atom. The van der Waals surface area contributed by atoms with Crippen molar-refractivity contribution >= 4 is 5.91 Å². The number of methoxy groups -OCH3 is 1. The molecule has 1 atom stereocenters. The highest BCUT2D eigenvalue weighted by Gasteiger charge is 2.23. The lowest BCUT2D eigenvalue weighted by Gasteiger charge is -2.15. The quantitative estimate of drug-likeness (QED) is 0.841. The summed E-state index contributed by atoms with van der Waals surface area (Å²) in [6, 6.07) is 7.76. The Balaban J connectivity index is 1.98. The van der Waals surface area contributed by atoms with E-state index in [0.717, 1.165) is 24.3 Å². The summed E-state index contributed by atoms with van der Waals surface area (Å²) < 4.78 is 5.13. The van der Waals surface area contributed by atoms with E-state index in [1.807, 2.05) is 29.2 Å². The lowest BCUT2D eigenvalue weighted by atomic mass is 10.1. The summed E-state index contributed by atoms with van der Waals surface area (Å²) in [7, 11) is 1.63. The normalized spacial score (nSPS) is 19.4. The first-order valence-electron chi connectivity index (χ1n) is 5.85. The van der Waals surface area contributed by atoms with E-state index in [-0.39, 0.29) is 11.9 Å². The molecule has 1 saturated heterocycles. The zero-order valence-corrected chi connectivity index (χ0v) is 10.1. The largest absolute Gasteiger partial charge is 0.497 e. The molecule has 4 nitrogen and oxygen atoms in total. The highest BCUT2D eigenvalue weighted by molar-refractivity contribution is 5.79. The van der Waals surface area contributed by atoms with E-state index in [0.29, 0.717) is 13.0 Å². The number of nitrogens with two attached hydrogens (primary N) is 1. The van der Waals surface area contributed by atoms with Crippen LogP contribution >= 0.6 is 0 Å². The Hall–Kier alpha value is -1.55. The molecular formula is C13H18N2O2. The van der Waals surface area contributed by atoms with Gasteiger partial charge in [-0.15, -0.1) is 0 Å². The first-order chi connectivity index (χ1) is 8.19. The fraction of sp³-hybridized carbons (Fsp3) is 0.462. The van der Waals surface area contributed by atoms with Crippen LogP contribution in [0.15, 0.2) is 24.3 Å². The maximum atomic E-state index is 12.0. The molecule has 0 saturated carbocycles. The molecule has 0 aliphatic carbocycles. The second-order valence-electron chi connectivity index (χ2n) is 4.42. The number of hydrogen-bond acceptors (Lipinski definition) is 3. The van der Waals surface area contributed by atoms with Crippen LogP contribution < -0.4 is 10.5 Å². The highest BCUT2D eigenvalue weighted by Crippen LogP contribution is 2.15. The molecule has 1 aliphatic rings. The molecule has 0 aromatic heterocycles. The Bertz CT molecular complexity index is 406. The third-order valence-corrected chi connectivity index (χ3v) is 3.07. The first kappa shape index (κ1) is 11.9. The molecule has 4 heteroatoms. The number of ether oxygens (including phenoxy) is 1. The maximum Gasteiger partial charge on any atom is 0.227 e. The number of carbonyl (C=O) groups excluding carboxylic acids is 1. The monoisotopic (exact) mass is 234 g/mol. The number of likely N-dealkylation sites (tertiary alicyclic amines) is 1. The van der Waals surface area contributed by atoms with Crippen LogP contribution in [0.1, 0.15) is 12.0 Å². The zero-order valence-electron chi connectivity index (χ0n) is 10.1. The average molecular weight is 234 g/mol. The Morgan fingerprint density at radius 3 is 3.06 bits per heavy atom. The molecule has 0 unspecified atom stereocenters. The van der Waals surface area contributed by atoms with E-state index >= 15 is 0 Å². The van der Waals surface area contributed by atoms with Crippen molar-refractivity contribution in [3.8, 4) is 5.75 Å². The fourth-order valence-corrected chi connectivity index (χ4v) is 2.08. The van der Waals surface area contributed by atoms with Crippen molar-refractivity contribution < 1.29 is 9.53 Å². The number of carbonyl (C=O) groups is 1. The van der Waals surface area contributed by atoms with Crippen molar-refractivity contribution in [2.24, 2.45) is 5.73 Å². The first-order valence-corrected chi connectivity index (χ1v) is 5.85. The van der Waals surface area contributed by atoms with Crippen LogP contribution in [0.4, 0.5) is 0 Å². The third-order valence-electron chi connectivity index (χ3n) is 3.07. The van der Waals surface area contributed by atoms with Gasteiger partial charge >= 0.3 is 0 Å². The summed E-state index contributed by atoms with van der Waals surface area (Å²) >= 11 is 0. The molecular weight excluding hydrogens is 216 g/mol. The van der Waals surface area contributed by atoms with Crippen LogP contribution in [0.2, 0.25) is 0 Å². The van der Waals surface area contributed by atoms with E-state index in [9.17, 15) is 4.79 Å². The number of hydrogen-bond donors (Lipinski definition) is 1. The van der Waals surface area contributed by atoms with Crippen molar-refractivity contribution in [2.75, 3.05) is 20.2 Å². The number of benzene rings is 1. The molecule has 0 spiro atoms. The van der Waals surface area contributed by atoms with E-state index in [2.05, 4.69) is 0 Å². The molecule has 0 bridgehead atoms. The topological polar surface area (TPSA) is 55.6 Å². The van der Waals surface area contributed by atoms with Crippen molar-refractivity contribution in [1.82, 2.24) is 4.90 Å². The van der Waals surface area contributed by atoms with Crippen molar-refractivity contribution in [1.29, 1.82) is 0 Å². The van der Waals surface area contributed by atoms with Gasteiger partial charge in [0.1, 0.15) is 5.75 Å². The van der Waals surface area contributed by atoms with Crippen LogP contribution in [-0.4, -0.2) is 37.0 Å². The number of nitrogens with zero attached hydrogens (tertiary/aromatic N) is 1. The van der Waals surface area contributed by atoms with Crippen LogP contribution in [0.3, 0.4) is 0 Å². The third kappa shape index (κ3) is 2.97. The Kier molecular flexibility index (Phi) is 3.64. The standard InChI is InChI=1S/C13H18N2O2/c1-17-12-4-2-3-10(7-12)8-13(16)15-6-5-11(14)9-15/h2-4,7,11H,5-6,8-9,14H2,1H3/t11-/m0/s1. The van der Waals surface area contributed by atoms with Crippen molar-refractivity contribution in [3.63, 3.8) is 0 Å². The van der Waals surface area contributed by atoms with E-state index in [4.69, 9.17) is 10.5 Å². The summed E-state index contributed by atoms with van der Waals surface area (Å²) in [5.41, 5.74) is 6.77. The minimum atomic E-state index is 0.143. The van der Waals surface area contributed by atoms with Crippen LogP contribution in [0.5, 0.6) is 5.75 Å². The van der Waals surface area contributed by atoms with E-state index in [1.54, 1.807) is 7.11 Å². The minimum Gasteiger partial charge on any atom is -0.497 e. The molecule has 17 heavy (non-hydrogen) atoms. The van der Waals surface area contributed by atoms with Crippen LogP contribution in [0.25, 0.3) is 0 Å². The predicted octanol–water partition coefficient (Wildman–Crippen LogP) is 0.797. The highest BCUT2D eigenvalue weighted by atomic mass is 16.5. The van der Waals surface area contributed by atoms with E-state index in [1.165, 1.54) is 0 Å². The Labute approximate surface area is 101 Å². The second-order valence-corrected chi connectivity index (χ2v) is 4.42. The minimum absolute atomic E-state index is 0.143. The van der Waals surface area contributed by atoms with Crippen molar-refractivity contribution in [3.05, 3.63) is 29.8 Å². The SMILES string of the molecule is COc1cccc(CC(=O)N2CC[C@H](N)C2)c1. The van der Waals surface area contributed by atoms with Crippen LogP contribution in [0, 0.1) is 0 Å². The zero-order chi connectivity index (χ0) is 12.3. The molecule has 1 amide bonds. The van der Waals surface area contributed by atoms with Gasteiger partial charge in [0.25, 0.3) is 0 Å². The number of amides is 1. The molecule has 1 fully saturated rings. The second kappa shape index (κ2) is 5.19. The maximum absolute atomic E-state index is 12.0. The summed E-state index contributed by atoms with van der Waals surface area (Å²) in [6.07, 6.45) is 1.33. The fourth-order valence-electron chi connectivity index (χ4n) is 2.08. The van der Waals surface area contributed by atoms with Gasteiger partial charge in [-0.3, -0.25) is 4.79 Å². The summed E-state index contributed by atoms with van der Waals surface area (Å²) in [5, 5.41) is 0. The lowest BCUT2D eigenvalue weighted by molar-refractivity contribution is -0.129. The van der Waals surface area contributed by atoms with Gasteiger partial charge < -0.3 is 15.4 Å². The molecule has 1 heterocycles. The molecule has 1 aromatic rings. The summed E-state index contributed by atoms with van der Waals surface area (Å²) in [4.78, 5) is 13.8. The molecule has 92 valence electrons. The smallest absolute Gasteiger partial charge is 0.227 e. The van der Waals surface area contributed by atoms with Gasteiger partial charge in [-0.05, 0) is 24.1 Å². The molecule has 2 N–H and O–H groups in total. The Morgan fingerprint density at radius 1 is 1.59 bits per heavy atom. The van der Waals surface area contributed by atoms with Gasteiger partial charge in [0.15, 0.2) is 0 Å². The van der Waals surface area contributed by atoms with Crippen molar-refractivity contribution in [2.45, 2.75) is 18.9 Å².